The van der Waals surface area contributed by atoms with Crippen LogP contribution in [0, 0.1) is 5.41 Å². The third kappa shape index (κ3) is 9.62. The molecule has 14 nitrogen and oxygen atoms in total. The molecule has 0 aromatic carbocycles. The maximum Gasteiger partial charge on any atom is 0.217 e. The number of amides is 1. The van der Waals surface area contributed by atoms with E-state index in [1.54, 1.807) is 0 Å². The molecule has 0 aromatic heterocycles. The summed E-state index contributed by atoms with van der Waals surface area (Å²) in [5, 5.41) is 61.9. The average molecular weight is 552 g/mol. The maximum atomic E-state index is 11.9. The lowest BCUT2D eigenvalue weighted by Crippen LogP contribution is -2.67. The van der Waals surface area contributed by atoms with Crippen LogP contribution in [0.3, 0.4) is 0 Å². The number of aliphatic hydroxyl groups excluding tert-OH is 5. The molecule has 14 heteroatoms. The van der Waals surface area contributed by atoms with Crippen LogP contribution in [0.1, 0.15) is 52.4 Å². The SMILES string of the molecule is CCCCCCCCO[C@@H]1O[C@H](CO)[C@@H](O[C@@H]2O[C@H](COCC(=N)N)[C@H](O)[C@H](O)[C@H]2O)[C@H](O)[C@H]1NC(C)=O. The van der Waals surface area contributed by atoms with Gasteiger partial charge < -0.3 is 60.3 Å². The molecule has 10 atom stereocenters. The van der Waals surface area contributed by atoms with Crippen molar-refractivity contribution >= 4 is 11.7 Å². The second-order valence-electron chi connectivity index (χ2n) is 9.74. The summed E-state index contributed by atoms with van der Waals surface area (Å²) < 4.78 is 28.2. The van der Waals surface area contributed by atoms with Gasteiger partial charge in [0.15, 0.2) is 12.6 Å². The van der Waals surface area contributed by atoms with Gasteiger partial charge in [-0.1, -0.05) is 39.0 Å². The molecule has 0 saturated carbocycles. The van der Waals surface area contributed by atoms with E-state index in [4.69, 9.17) is 34.8 Å². The second kappa shape index (κ2) is 16.6. The zero-order valence-corrected chi connectivity index (χ0v) is 22.1. The third-order valence-corrected chi connectivity index (χ3v) is 6.50. The predicted molar refractivity (Wildman–Crippen MR) is 133 cm³/mol. The number of hydrogen-bond donors (Lipinski definition) is 8. The summed E-state index contributed by atoms with van der Waals surface area (Å²) in [5.74, 6) is -0.712. The number of unbranched alkanes of at least 4 members (excludes halogenated alkanes) is 5. The van der Waals surface area contributed by atoms with E-state index in [2.05, 4.69) is 12.2 Å². The lowest BCUT2D eigenvalue weighted by Gasteiger charge is -2.47. The van der Waals surface area contributed by atoms with Gasteiger partial charge in [-0.2, -0.15) is 0 Å². The third-order valence-electron chi connectivity index (χ3n) is 6.50. The van der Waals surface area contributed by atoms with Crippen molar-refractivity contribution in [2.45, 2.75) is 114 Å². The van der Waals surface area contributed by atoms with Crippen molar-refractivity contribution in [1.82, 2.24) is 5.32 Å². The van der Waals surface area contributed by atoms with E-state index < -0.39 is 73.9 Å². The highest BCUT2D eigenvalue weighted by Gasteiger charge is 2.51. The molecule has 0 unspecified atom stereocenters. The van der Waals surface area contributed by atoms with Crippen molar-refractivity contribution in [2.75, 3.05) is 26.4 Å². The number of nitrogens with two attached hydrogens (primary N) is 1. The van der Waals surface area contributed by atoms with Crippen molar-refractivity contribution in [1.29, 1.82) is 5.41 Å². The number of rotatable bonds is 16. The Morgan fingerprint density at radius 3 is 2.24 bits per heavy atom. The number of ether oxygens (including phenoxy) is 5. The van der Waals surface area contributed by atoms with E-state index in [9.17, 15) is 30.3 Å². The van der Waals surface area contributed by atoms with Crippen LogP contribution in [0.2, 0.25) is 0 Å². The van der Waals surface area contributed by atoms with Gasteiger partial charge in [0, 0.05) is 13.5 Å². The number of aliphatic hydroxyl groups is 5. The fraction of sp³-hybridized carbons (Fsp3) is 0.917. The summed E-state index contributed by atoms with van der Waals surface area (Å²) in [4.78, 5) is 11.9. The van der Waals surface area contributed by atoms with Gasteiger partial charge in [0.25, 0.3) is 0 Å². The van der Waals surface area contributed by atoms with Crippen LogP contribution in [0.15, 0.2) is 0 Å². The number of amidine groups is 1. The first-order chi connectivity index (χ1) is 18.1. The van der Waals surface area contributed by atoms with Crippen molar-refractivity contribution in [3.05, 3.63) is 0 Å². The average Bonchev–Trinajstić information content (AvgIpc) is 2.87. The highest BCUT2D eigenvalue weighted by molar-refractivity contribution is 5.78. The Morgan fingerprint density at radius 2 is 1.61 bits per heavy atom. The molecule has 222 valence electrons. The lowest BCUT2D eigenvalue weighted by atomic mass is 9.95. The Labute approximate surface area is 222 Å². The molecule has 0 bridgehead atoms. The van der Waals surface area contributed by atoms with E-state index in [0.29, 0.717) is 6.61 Å². The molecule has 2 heterocycles. The molecule has 0 aromatic rings. The molecule has 9 N–H and O–H groups in total. The minimum absolute atomic E-state index is 0.239. The topological polar surface area (TPSA) is 226 Å². The van der Waals surface area contributed by atoms with Gasteiger partial charge in [0.05, 0.1) is 13.2 Å². The summed E-state index contributed by atoms with van der Waals surface area (Å²) in [6, 6.07) is -1.06. The molecule has 2 saturated heterocycles. The Balaban J connectivity index is 2.06. The van der Waals surface area contributed by atoms with Gasteiger partial charge in [-0.15, -0.1) is 0 Å². The van der Waals surface area contributed by atoms with E-state index >= 15 is 0 Å². The highest BCUT2D eigenvalue weighted by atomic mass is 16.7. The summed E-state index contributed by atoms with van der Waals surface area (Å²) in [5.41, 5.74) is 5.25. The molecule has 2 fully saturated rings. The standard InChI is InChI=1S/C24H45N3O11/c1-3-4-5-6-7-8-9-35-23-17(27-13(2)29)19(31)22(14(10-28)36-23)38-24-21(33)20(32)18(30)15(37-24)11-34-12-16(25)26/h14-15,17-24,28,30-33H,3-12H2,1-2H3,(H3,25,26)(H,27,29)/t14-,15-,17-,18+,19-,20+,21-,22-,23-,24+/m1/s1. The van der Waals surface area contributed by atoms with Crippen molar-refractivity contribution in [3.63, 3.8) is 0 Å². The van der Waals surface area contributed by atoms with Gasteiger partial charge in [-0.25, -0.2) is 0 Å². The second-order valence-corrected chi connectivity index (χ2v) is 9.74. The molecular formula is C24H45N3O11. The van der Waals surface area contributed by atoms with Gasteiger partial charge in [0.1, 0.15) is 61.2 Å². The van der Waals surface area contributed by atoms with Crippen molar-refractivity contribution in [2.24, 2.45) is 5.73 Å². The molecule has 2 rings (SSSR count). The zero-order chi connectivity index (χ0) is 28.2. The van der Waals surface area contributed by atoms with E-state index in [-0.39, 0.29) is 19.0 Å². The van der Waals surface area contributed by atoms with Crippen LogP contribution >= 0.6 is 0 Å². The molecule has 2 aliphatic rings. The van der Waals surface area contributed by atoms with E-state index in [1.165, 1.54) is 13.3 Å². The molecule has 0 spiro atoms. The molecule has 0 aliphatic carbocycles. The van der Waals surface area contributed by atoms with Crippen LogP contribution in [0.4, 0.5) is 0 Å². The Morgan fingerprint density at radius 1 is 0.947 bits per heavy atom. The first kappa shape index (κ1) is 32.8. The molecular weight excluding hydrogens is 506 g/mol. The number of carbonyl (C=O) groups is 1. The van der Waals surface area contributed by atoms with Gasteiger partial charge >= 0.3 is 0 Å². The van der Waals surface area contributed by atoms with Crippen LogP contribution < -0.4 is 11.1 Å². The van der Waals surface area contributed by atoms with Gasteiger partial charge in [0.2, 0.25) is 5.91 Å². The summed E-state index contributed by atoms with van der Waals surface area (Å²) in [7, 11) is 0. The zero-order valence-electron chi connectivity index (χ0n) is 22.1. The van der Waals surface area contributed by atoms with Crippen LogP contribution in [-0.4, -0.2) is 125 Å². The summed E-state index contributed by atoms with van der Waals surface area (Å²) in [6.45, 7) is 2.62. The van der Waals surface area contributed by atoms with E-state index in [1.807, 2.05) is 0 Å². The van der Waals surface area contributed by atoms with Crippen LogP contribution in [-0.2, 0) is 28.5 Å². The number of nitrogens with one attached hydrogen (secondary N) is 2. The van der Waals surface area contributed by atoms with Crippen molar-refractivity contribution in [3.8, 4) is 0 Å². The minimum atomic E-state index is -1.72. The quantitative estimate of drug-likeness (QED) is 0.0597. The van der Waals surface area contributed by atoms with Gasteiger partial charge in [-0.3, -0.25) is 10.2 Å². The highest BCUT2D eigenvalue weighted by Crippen LogP contribution is 2.30. The Hall–Kier alpha value is -1.46. The van der Waals surface area contributed by atoms with Crippen molar-refractivity contribution < 1.29 is 54.0 Å². The van der Waals surface area contributed by atoms with Gasteiger partial charge in [-0.05, 0) is 6.42 Å². The molecule has 1 amide bonds. The monoisotopic (exact) mass is 551 g/mol. The normalized spacial score (nSPS) is 35.7. The van der Waals surface area contributed by atoms with Crippen LogP contribution in [0.5, 0.6) is 0 Å². The molecule has 0 radical (unpaired) electrons. The Bertz CT molecular complexity index is 718. The summed E-state index contributed by atoms with van der Waals surface area (Å²) in [6.07, 6.45) is -6.39. The number of hydrogen-bond acceptors (Lipinski definition) is 12. The lowest BCUT2D eigenvalue weighted by molar-refractivity contribution is -0.348. The molecule has 38 heavy (non-hydrogen) atoms. The minimum Gasteiger partial charge on any atom is -0.394 e. The fourth-order valence-corrected chi connectivity index (χ4v) is 4.45. The summed E-state index contributed by atoms with van der Waals surface area (Å²) >= 11 is 0. The Kier molecular flexibility index (Phi) is 14.3. The van der Waals surface area contributed by atoms with E-state index in [0.717, 1.165) is 32.1 Å². The predicted octanol–water partition coefficient (Wildman–Crippen LogP) is -1.91. The first-order valence-electron chi connectivity index (χ1n) is 13.2. The maximum absolute atomic E-state index is 11.9. The largest absolute Gasteiger partial charge is 0.394 e. The smallest absolute Gasteiger partial charge is 0.217 e. The van der Waals surface area contributed by atoms with Crippen LogP contribution in [0.25, 0.3) is 0 Å². The number of carbonyl (C=O) groups excluding carboxylic acids is 1. The first-order valence-corrected chi connectivity index (χ1v) is 13.2. The fourth-order valence-electron chi connectivity index (χ4n) is 4.45. The molecule has 2 aliphatic heterocycles.